The lowest BCUT2D eigenvalue weighted by Crippen LogP contribution is -2.59. The molecule has 0 aliphatic carbocycles. The Hall–Kier alpha value is -2.28. The number of hydrogen-bond donors (Lipinski definition) is 1. The number of nitrogens with zero attached hydrogens (tertiary/aromatic N) is 1. The first kappa shape index (κ1) is 13.2. The van der Waals surface area contributed by atoms with E-state index in [1.807, 2.05) is 37.3 Å². The second-order valence-electron chi connectivity index (χ2n) is 4.45. The highest BCUT2D eigenvalue weighted by molar-refractivity contribution is 5.97. The van der Waals surface area contributed by atoms with E-state index >= 15 is 0 Å². The minimum absolute atomic E-state index is 0.143. The van der Waals surface area contributed by atoms with Crippen molar-refractivity contribution in [1.82, 2.24) is 10.2 Å². The molecular weight excluding hydrogens is 240 g/mol. The summed E-state index contributed by atoms with van der Waals surface area (Å²) in [6.07, 6.45) is 5.85. The SMILES string of the molecule is C#CCN1C(=O)C(c2ccccc2)NC(=O)C1CC. The fourth-order valence-corrected chi connectivity index (χ4v) is 2.32. The molecule has 0 spiro atoms. The molecule has 0 radical (unpaired) electrons. The maximum absolute atomic E-state index is 12.4. The highest BCUT2D eigenvalue weighted by Crippen LogP contribution is 2.22. The zero-order valence-electron chi connectivity index (χ0n) is 10.8. The number of benzene rings is 1. The number of rotatable bonds is 3. The maximum atomic E-state index is 12.4. The molecule has 1 saturated heterocycles. The highest BCUT2D eigenvalue weighted by atomic mass is 16.2. The third-order valence-electron chi connectivity index (χ3n) is 3.28. The average Bonchev–Trinajstić information content (AvgIpc) is 2.44. The van der Waals surface area contributed by atoms with Gasteiger partial charge in [-0.1, -0.05) is 43.2 Å². The van der Waals surface area contributed by atoms with Crippen LogP contribution in [-0.2, 0) is 9.59 Å². The Morgan fingerprint density at radius 3 is 2.58 bits per heavy atom. The van der Waals surface area contributed by atoms with Crippen molar-refractivity contribution in [1.29, 1.82) is 0 Å². The fraction of sp³-hybridized carbons (Fsp3) is 0.333. The summed E-state index contributed by atoms with van der Waals surface area (Å²) in [5.74, 6) is 2.16. The van der Waals surface area contributed by atoms with Gasteiger partial charge >= 0.3 is 0 Å². The number of nitrogens with one attached hydrogen (secondary N) is 1. The van der Waals surface area contributed by atoms with Gasteiger partial charge in [-0.05, 0) is 12.0 Å². The molecule has 4 nitrogen and oxygen atoms in total. The molecule has 2 amide bonds. The standard InChI is InChI=1S/C15H16N2O2/c1-3-10-17-12(4-2)14(18)16-13(15(17)19)11-8-6-5-7-9-11/h1,5-9,12-13H,4,10H2,2H3,(H,16,18). The van der Waals surface area contributed by atoms with E-state index in [0.29, 0.717) is 6.42 Å². The highest BCUT2D eigenvalue weighted by Gasteiger charge is 2.39. The third kappa shape index (κ3) is 2.45. The van der Waals surface area contributed by atoms with Crippen molar-refractivity contribution in [3.8, 4) is 12.3 Å². The minimum atomic E-state index is -0.634. The molecule has 0 aromatic heterocycles. The Morgan fingerprint density at radius 1 is 1.32 bits per heavy atom. The van der Waals surface area contributed by atoms with Gasteiger partial charge < -0.3 is 10.2 Å². The summed E-state index contributed by atoms with van der Waals surface area (Å²) in [4.78, 5) is 26.0. The van der Waals surface area contributed by atoms with Crippen molar-refractivity contribution in [3.63, 3.8) is 0 Å². The Labute approximate surface area is 112 Å². The summed E-state index contributed by atoms with van der Waals surface area (Å²) in [6.45, 7) is 2.03. The topological polar surface area (TPSA) is 49.4 Å². The molecule has 2 atom stereocenters. The minimum Gasteiger partial charge on any atom is -0.339 e. The van der Waals surface area contributed by atoms with Gasteiger partial charge in [0.05, 0.1) is 6.54 Å². The van der Waals surface area contributed by atoms with Crippen molar-refractivity contribution in [2.24, 2.45) is 0 Å². The van der Waals surface area contributed by atoms with Gasteiger partial charge in [0, 0.05) is 0 Å². The zero-order chi connectivity index (χ0) is 13.8. The second kappa shape index (κ2) is 5.57. The van der Waals surface area contributed by atoms with E-state index in [1.165, 1.54) is 4.90 Å². The van der Waals surface area contributed by atoms with Crippen molar-refractivity contribution >= 4 is 11.8 Å². The van der Waals surface area contributed by atoms with Crippen molar-refractivity contribution < 1.29 is 9.59 Å². The van der Waals surface area contributed by atoms with E-state index in [2.05, 4.69) is 11.2 Å². The number of carbonyl (C=O) groups is 2. The van der Waals surface area contributed by atoms with Crippen LogP contribution in [0.25, 0.3) is 0 Å². The number of amides is 2. The lowest BCUT2D eigenvalue weighted by Gasteiger charge is -2.37. The third-order valence-corrected chi connectivity index (χ3v) is 3.28. The molecule has 1 aromatic rings. The molecule has 1 fully saturated rings. The molecule has 0 bridgehead atoms. The van der Waals surface area contributed by atoms with Crippen LogP contribution in [0.5, 0.6) is 0 Å². The zero-order valence-corrected chi connectivity index (χ0v) is 10.8. The van der Waals surface area contributed by atoms with Gasteiger partial charge in [-0.25, -0.2) is 0 Å². The van der Waals surface area contributed by atoms with Gasteiger partial charge in [-0.3, -0.25) is 9.59 Å². The lowest BCUT2D eigenvalue weighted by atomic mass is 9.99. The van der Waals surface area contributed by atoms with Crippen molar-refractivity contribution in [3.05, 3.63) is 35.9 Å². The summed E-state index contributed by atoms with van der Waals surface area (Å²) in [5, 5.41) is 2.77. The Balaban J connectivity index is 2.32. The Morgan fingerprint density at radius 2 is 2.00 bits per heavy atom. The first-order chi connectivity index (χ1) is 9.19. The molecule has 0 saturated carbocycles. The van der Waals surface area contributed by atoms with Crippen LogP contribution >= 0.6 is 0 Å². The van der Waals surface area contributed by atoms with Gasteiger partial charge in [0.15, 0.2) is 0 Å². The number of hydrogen-bond acceptors (Lipinski definition) is 2. The Kier molecular flexibility index (Phi) is 3.86. The van der Waals surface area contributed by atoms with Gasteiger partial charge in [0.2, 0.25) is 5.91 Å². The van der Waals surface area contributed by atoms with Crippen molar-refractivity contribution in [2.45, 2.75) is 25.4 Å². The first-order valence-electron chi connectivity index (χ1n) is 6.28. The average molecular weight is 256 g/mol. The number of piperazine rings is 1. The van der Waals surface area contributed by atoms with Crippen LogP contribution in [-0.4, -0.2) is 29.3 Å². The molecule has 4 heteroatoms. The smallest absolute Gasteiger partial charge is 0.251 e. The van der Waals surface area contributed by atoms with Crippen LogP contribution in [0.3, 0.4) is 0 Å². The molecule has 1 N–H and O–H groups in total. The molecule has 1 heterocycles. The second-order valence-corrected chi connectivity index (χ2v) is 4.45. The van der Waals surface area contributed by atoms with E-state index in [0.717, 1.165) is 5.56 Å². The first-order valence-corrected chi connectivity index (χ1v) is 6.28. The fourth-order valence-electron chi connectivity index (χ4n) is 2.32. The lowest BCUT2D eigenvalue weighted by molar-refractivity contribution is -0.148. The molecule has 2 rings (SSSR count). The summed E-state index contributed by atoms with van der Waals surface area (Å²) in [7, 11) is 0. The van der Waals surface area contributed by atoms with E-state index < -0.39 is 12.1 Å². The van der Waals surface area contributed by atoms with E-state index in [9.17, 15) is 9.59 Å². The van der Waals surface area contributed by atoms with Crippen LogP contribution < -0.4 is 5.32 Å². The number of carbonyl (C=O) groups excluding carboxylic acids is 2. The predicted octanol–water partition coefficient (Wildman–Crippen LogP) is 1.10. The van der Waals surface area contributed by atoms with Gasteiger partial charge in [-0.2, -0.15) is 0 Å². The largest absolute Gasteiger partial charge is 0.339 e. The van der Waals surface area contributed by atoms with E-state index in [-0.39, 0.29) is 18.4 Å². The van der Waals surface area contributed by atoms with Crippen LogP contribution in [0.15, 0.2) is 30.3 Å². The van der Waals surface area contributed by atoms with Crippen LogP contribution in [0.2, 0.25) is 0 Å². The van der Waals surface area contributed by atoms with E-state index in [4.69, 9.17) is 6.42 Å². The molecular formula is C15H16N2O2. The summed E-state index contributed by atoms with van der Waals surface area (Å²) < 4.78 is 0. The van der Waals surface area contributed by atoms with Gasteiger partial charge in [0.1, 0.15) is 12.1 Å². The van der Waals surface area contributed by atoms with Gasteiger partial charge in [-0.15, -0.1) is 6.42 Å². The molecule has 1 aliphatic heterocycles. The van der Waals surface area contributed by atoms with E-state index in [1.54, 1.807) is 0 Å². The van der Waals surface area contributed by atoms with Crippen molar-refractivity contribution in [2.75, 3.05) is 6.54 Å². The summed E-state index contributed by atoms with van der Waals surface area (Å²) >= 11 is 0. The monoisotopic (exact) mass is 256 g/mol. The quantitative estimate of drug-likeness (QED) is 0.823. The molecule has 2 unspecified atom stereocenters. The summed E-state index contributed by atoms with van der Waals surface area (Å²) in [5.41, 5.74) is 0.775. The predicted molar refractivity (Wildman–Crippen MR) is 72.0 cm³/mol. The normalized spacial score (nSPS) is 22.8. The molecule has 1 aromatic carbocycles. The molecule has 98 valence electrons. The summed E-state index contributed by atoms with van der Waals surface area (Å²) in [6, 6.07) is 8.09. The van der Waals surface area contributed by atoms with Crippen LogP contribution in [0, 0.1) is 12.3 Å². The molecule has 1 aliphatic rings. The van der Waals surface area contributed by atoms with Gasteiger partial charge in [0.25, 0.3) is 5.91 Å². The molecule has 19 heavy (non-hydrogen) atoms. The van der Waals surface area contributed by atoms with Crippen LogP contribution in [0.1, 0.15) is 24.9 Å². The van der Waals surface area contributed by atoms with Crippen LogP contribution in [0.4, 0.5) is 0 Å². The maximum Gasteiger partial charge on any atom is 0.251 e. The number of terminal acetylenes is 1. The Bertz CT molecular complexity index is 519.